The third-order valence-electron chi connectivity index (χ3n) is 3.76. The summed E-state index contributed by atoms with van der Waals surface area (Å²) in [6.45, 7) is 6.60. The summed E-state index contributed by atoms with van der Waals surface area (Å²) in [5, 5.41) is 3.67. The normalized spacial score (nSPS) is 43.3. The van der Waals surface area contributed by atoms with E-state index in [0.29, 0.717) is 0 Å². The van der Waals surface area contributed by atoms with E-state index < -0.39 is 0 Å². The van der Waals surface area contributed by atoms with Crippen molar-refractivity contribution < 1.29 is 4.74 Å². The molecule has 1 N–H and O–H groups in total. The van der Waals surface area contributed by atoms with Crippen LogP contribution in [0.1, 0.15) is 46.0 Å². The molecule has 3 unspecified atom stereocenters. The lowest BCUT2D eigenvalue weighted by Crippen LogP contribution is -2.41. The fraction of sp³-hybridized carbons (Fsp3) is 1.00. The lowest BCUT2D eigenvalue weighted by atomic mass is 10.0. The quantitative estimate of drug-likeness (QED) is 0.750. The van der Waals surface area contributed by atoms with Crippen LogP contribution >= 0.6 is 0 Å². The van der Waals surface area contributed by atoms with E-state index in [0.717, 1.165) is 25.1 Å². The predicted molar refractivity (Wildman–Crippen MR) is 58.4 cm³/mol. The molecule has 1 heterocycles. The zero-order valence-corrected chi connectivity index (χ0v) is 9.51. The minimum atomic E-state index is 0.131. The zero-order valence-electron chi connectivity index (χ0n) is 9.51. The Morgan fingerprint density at radius 1 is 1.43 bits per heavy atom. The van der Waals surface area contributed by atoms with Gasteiger partial charge in [-0.15, -0.1) is 0 Å². The van der Waals surface area contributed by atoms with E-state index in [9.17, 15) is 0 Å². The lowest BCUT2D eigenvalue weighted by molar-refractivity contribution is 0.0188. The molecule has 2 nitrogen and oxygen atoms in total. The van der Waals surface area contributed by atoms with Gasteiger partial charge in [-0.05, 0) is 44.9 Å². The Bertz CT molecular complexity index is 187. The summed E-state index contributed by atoms with van der Waals surface area (Å²) < 4.78 is 5.76. The highest BCUT2D eigenvalue weighted by atomic mass is 16.5. The molecular formula is C12H23NO. The molecule has 2 heteroatoms. The molecule has 1 saturated heterocycles. The van der Waals surface area contributed by atoms with Gasteiger partial charge in [0, 0.05) is 19.2 Å². The van der Waals surface area contributed by atoms with Gasteiger partial charge in [0.25, 0.3) is 0 Å². The average molecular weight is 197 g/mol. The van der Waals surface area contributed by atoms with Crippen LogP contribution in [0.4, 0.5) is 0 Å². The molecule has 1 aliphatic carbocycles. The summed E-state index contributed by atoms with van der Waals surface area (Å²) >= 11 is 0. The summed E-state index contributed by atoms with van der Waals surface area (Å²) in [4.78, 5) is 0. The molecule has 0 aromatic heterocycles. The number of ether oxygens (including phenoxy) is 1. The second-order valence-electron chi connectivity index (χ2n) is 5.40. The van der Waals surface area contributed by atoms with Gasteiger partial charge in [0.05, 0.1) is 5.60 Å². The summed E-state index contributed by atoms with van der Waals surface area (Å²) in [6.07, 6.45) is 6.57. The third kappa shape index (κ3) is 2.48. The number of hydrogen-bond donors (Lipinski definition) is 1. The fourth-order valence-electron chi connectivity index (χ4n) is 2.73. The molecular weight excluding hydrogens is 174 g/mol. The molecule has 0 amide bonds. The Kier molecular flexibility index (Phi) is 3.13. The second-order valence-corrected chi connectivity index (χ2v) is 5.40. The first kappa shape index (κ1) is 10.4. The molecule has 0 aromatic rings. The molecule has 3 atom stereocenters. The van der Waals surface area contributed by atoms with Crippen molar-refractivity contribution in [2.45, 2.75) is 57.6 Å². The van der Waals surface area contributed by atoms with Crippen LogP contribution in [-0.4, -0.2) is 24.8 Å². The molecule has 1 saturated carbocycles. The molecule has 2 fully saturated rings. The van der Waals surface area contributed by atoms with Crippen LogP contribution in [0.5, 0.6) is 0 Å². The van der Waals surface area contributed by atoms with E-state index in [4.69, 9.17) is 4.74 Å². The second kappa shape index (κ2) is 4.19. The third-order valence-corrected chi connectivity index (χ3v) is 3.76. The van der Waals surface area contributed by atoms with Gasteiger partial charge < -0.3 is 10.1 Å². The lowest BCUT2D eigenvalue weighted by Gasteiger charge is -2.25. The van der Waals surface area contributed by atoms with Crippen molar-refractivity contribution >= 4 is 0 Å². The maximum absolute atomic E-state index is 5.76. The van der Waals surface area contributed by atoms with E-state index in [1.807, 2.05) is 0 Å². The van der Waals surface area contributed by atoms with Gasteiger partial charge in [-0.1, -0.05) is 6.92 Å². The Morgan fingerprint density at radius 3 is 2.86 bits per heavy atom. The van der Waals surface area contributed by atoms with Crippen molar-refractivity contribution in [1.29, 1.82) is 0 Å². The molecule has 82 valence electrons. The van der Waals surface area contributed by atoms with Crippen LogP contribution in [0, 0.1) is 5.92 Å². The first-order valence-corrected chi connectivity index (χ1v) is 6.05. The Balaban J connectivity index is 1.71. The van der Waals surface area contributed by atoms with Crippen LogP contribution in [-0.2, 0) is 4.74 Å². The minimum Gasteiger partial charge on any atom is -0.374 e. The average Bonchev–Trinajstić information content (AvgIpc) is 2.73. The Hall–Kier alpha value is -0.0800. The molecule has 0 radical (unpaired) electrons. The van der Waals surface area contributed by atoms with Crippen molar-refractivity contribution in [3.63, 3.8) is 0 Å². The molecule has 0 spiro atoms. The molecule has 2 rings (SSSR count). The Morgan fingerprint density at radius 2 is 2.29 bits per heavy atom. The van der Waals surface area contributed by atoms with Crippen LogP contribution in [0.15, 0.2) is 0 Å². The topological polar surface area (TPSA) is 21.3 Å². The highest BCUT2D eigenvalue weighted by Gasteiger charge is 2.31. The SMILES string of the molecule is CC1CCC(NCC2(C)CCCO2)C1. The summed E-state index contributed by atoms with van der Waals surface area (Å²) in [5.41, 5.74) is 0.131. The van der Waals surface area contributed by atoms with E-state index in [2.05, 4.69) is 19.2 Å². The van der Waals surface area contributed by atoms with Crippen LogP contribution < -0.4 is 5.32 Å². The van der Waals surface area contributed by atoms with Crippen molar-refractivity contribution in [3.05, 3.63) is 0 Å². The van der Waals surface area contributed by atoms with Crippen molar-refractivity contribution in [2.24, 2.45) is 5.92 Å². The highest BCUT2D eigenvalue weighted by molar-refractivity contribution is 4.86. The summed E-state index contributed by atoms with van der Waals surface area (Å²) in [6, 6.07) is 0.756. The smallest absolute Gasteiger partial charge is 0.0779 e. The van der Waals surface area contributed by atoms with Crippen molar-refractivity contribution in [1.82, 2.24) is 5.32 Å². The van der Waals surface area contributed by atoms with Gasteiger partial charge in [-0.3, -0.25) is 0 Å². The van der Waals surface area contributed by atoms with Crippen LogP contribution in [0.2, 0.25) is 0 Å². The first-order valence-electron chi connectivity index (χ1n) is 6.05. The van der Waals surface area contributed by atoms with Crippen LogP contribution in [0.3, 0.4) is 0 Å². The number of hydrogen-bond acceptors (Lipinski definition) is 2. The molecule has 2 aliphatic rings. The number of nitrogens with one attached hydrogen (secondary N) is 1. The van der Waals surface area contributed by atoms with Gasteiger partial charge in [0.15, 0.2) is 0 Å². The van der Waals surface area contributed by atoms with E-state index in [-0.39, 0.29) is 5.60 Å². The van der Waals surface area contributed by atoms with E-state index >= 15 is 0 Å². The fourth-order valence-corrected chi connectivity index (χ4v) is 2.73. The standard InChI is InChI=1S/C12H23NO/c1-10-4-5-11(8-10)13-9-12(2)6-3-7-14-12/h10-11,13H,3-9H2,1-2H3. The molecule has 14 heavy (non-hydrogen) atoms. The first-order chi connectivity index (χ1) is 6.68. The highest BCUT2D eigenvalue weighted by Crippen LogP contribution is 2.27. The maximum Gasteiger partial charge on any atom is 0.0779 e. The van der Waals surface area contributed by atoms with Crippen LogP contribution in [0.25, 0.3) is 0 Å². The zero-order chi connectivity index (χ0) is 10.0. The molecule has 0 aromatic carbocycles. The monoisotopic (exact) mass is 197 g/mol. The van der Waals surface area contributed by atoms with Gasteiger partial charge >= 0.3 is 0 Å². The summed E-state index contributed by atoms with van der Waals surface area (Å²) in [7, 11) is 0. The van der Waals surface area contributed by atoms with Gasteiger partial charge in [0.2, 0.25) is 0 Å². The van der Waals surface area contributed by atoms with E-state index in [1.54, 1.807) is 0 Å². The van der Waals surface area contributed by atoms with Gasteiger partial charge in [-0.2, -0.15) is 0 Å². The predicted octanol–water partition coefficient (Wildman–Crippen LogP) is 2.33. The molecule has 1 aliphatic heterocycles. The van der Waals surface area contributed by atoms with Gasteiger partial charge in [0.1, 0.15) is 0 Å². The van der Waals surface area contributed by atoms with Gasteiger partial charge in [-0.25, -0.2) is 0 Å². The minimum absolute atomic E-state index is 0.131. The van der Waals surface area contributed by atoms with E-state index in [1.165, 1.54) is 32.1 Å². The summed E-state index contributed by atoms with van der Waals surface area (Å²) in [5.74, 6) is 0.921. The largest absolute Gasteiger partial charge is 0.374 e. The Labute approximate surface area is 87.4 Å². The van der Waals surface area contributed by atoms with Crippen molar-refractivity contribution in [3.8, 4) is 0 Å². The molecule has 0 bridgehead atoms. The maximum atomic E-state index is 5.76. The number of rotatable bonds is 3. The van der Waals surface area contributed by atoms with Crippen molar-refractivity contribution in [2.75, 3.05) is 13.2 Å².